The normalized spacial score (nSPS) is 10.6. The summed E-state index contributed by atoms with van der Waals surface area (Å²) in [6.07, 6.45) is 3.32. The maximum absolute atomic E-state index is 12.4. The number of rotatable bonds is 5. The van der Waals surface area contributed by atoms with Crippen molar-refractivity contribution >= 4 is 0 Å². The van der Waals surface area contributed by atoms with Crippen molar-refractivity contribution in [3.05, 3.63) is 98.3 Å². The number of ether oxygens (including phenoxy) is 1. The van der Waals surface area contributed by atoms with Gasteiger partial charge in [0.2, 0.25) is 0 Å². The van der Waals surface area contributed by atoms with Crippen molar-refractivity contribution in [1.82, 2.24) is 9.13 Å². The Labute approximate surface area is 145 Å². The van der Waals surface area contributed by atoms with E-state index in [1.54, 1.807) is 19.5 Å². The minimum atomic E-state index is -0.522. The molecule has 0 fully saturated rings. The van der Waals surface area contributed by atoms with Crippen molar-refractivity contribution in [2.45, 2.75) is 20.0 Å². The predicted octanol–water partition coefficient (Wildman–Crippen LogP) is 2.42. The lowest BCUT2D eigenvalue weighted by atomic mass is 10.1. The molecule has 128 valence electrons. The molecule has 3 aromatic rings. The molecule has 0 bridgehead atoms. The van der Waals surface area contributed by atoms with E-state index in [-0.39, 0.29) is 0 Å². The van der Waals surface area contributed by atoms with Crippen LogP contribution in [-0.4, -0.2) is 16.2 Å². The molecule has 5 nitrogen and oxygen atoms in total. The molecule has 5 heteroatoms. The zero-order valence-electron chi connectivity index (χ0n) is 14.3. The molecule has 0 aliphatic carbocycles. The van der Waals surface area contributed by atoms with Crippen LogP contribution in [-0.2, 0) is 13.1 Å². The maximum atomic E-state index is 12.4. The summed E-state index contributed by atoms with van der Waals surface area (Å²) < 4.78 is 7.99. The van der Waals surface area contributed by atoms with Crippen molar-refractivity contribution in [3.63, 3.8) is 0 Å². The Bertz CT molecular complexity index is 985. The first-order chi connectivity index (χ1) is 12.1. The van der Waals surface area contributed by atoms with Crippen molar-refractivity contribution in [2.24, 2.45) is 0 Å². The molecule has 0 spiro atoms. The third-order valence-corrected chi connectivity index (χ3v) is 4.08. The van der Waals surface area contributed by atoms with Crippen LogP contribution in [0.5, 0.6) is 5.75 Å². The van der Waals surface area contributed by atoms with Crippen LogP contribution in [0.1, 0.15) is 16.7 Å². The third kappa shape index (κ3) is 3.88. The molecule has 3 rings (SSSR count). The molecule has 0 atom stereocenters. The van der Waals surface area contributed by atoms with Crippen LogP contribution in [0.15, 0.2) is 70.5 Å². The summed E-state index contributed by atoms with van der Waals surface area (Å²) in [4.78, 5) is 24.8. The van der Waals surface area contributed by atoms with E-state index in [9.17, 15) is 9.59 Å². The summed E-state index contributed by atoms with van der Waals surface area (Å²) >= 11 is 0. The fourth-order valence-corrected chi connectivity index (χ4v) is 2.73. The second kappa shape index (κ2) is 7.21. The molecule has 0 aliphatic rings. The lowest BCUT2D eigenvalue weighted by molar-refractivity contribution is 0.414. The molecule has 0 N–H and O–H groups in total. The minimum absolute atomic E-state index is 0.351. The van der Waals surface area contributed by atoms with E-state index in [0.29, 0.717) is 13.1 Å². The Morgan fingerprint density at radius 3 is 2.00 bits per heavy atom. The van der Waals surface area contributed by atoms with Gasteiger partial charge < -0.3 is 13.9 Å². The zero-order valence-corrected chi connectivity index (χ0v) is 14.3. The molecule has 1 heterocycles. The lowest BCUT2D eigenvalue weighted by Crippen LogP contribution is -2.40. The topological polar surface area (TPSA) is 53.2 Å². The number of nitrogens with zero attached hydrogens (tertiary/aromatic N) is 2. The quantitative estimate of drug-likeness (QED) is 0.673. The van der Waals surface area contributed by atoms with E-state index in [2.05, 4.69) is 0 Å². The van der Waals surface area contributed by atoms with Gasteiger partial charge in [-0.15, -0.1) is 0 Å². The van der Waals surface area contributed by atoms with Gasteiger partial charge in [0.1, 0.15) is 5.75 Å². The Kier molecular flexibility index (Phi) is 4.84. The predicted molar refractivity (Wildman–Crippen MR) is 97.3 cm³/mol. The highest BCUT2D eigenvalue weighted by Crippen LogP contribution is 2.11. The maximum Gasteiger partial charge on any atom is 0.316 e. The molecule has 25 heavy (non-hydrogen) atoms. The van der Waals surface area contributed by atoms with Crippen molar-refractivity contribution in [1.29, 1.82) is 0 Å². The fourth-order valence-electron chi connectivity index (χ4n) is 2.73. The van der Waals surface area contributed by atoms with Gasteiger partial charge >= 0.3 is 11.1 Å². The Morgan fingerprint density at radius 2 is 1.44 bits per heavy atom. The monoisotopic (exact) mass is 336 g/mol. The second-order valence-electron chi connectivity index (χ2n) is 6.00. The number of aromatic nitrogens is 2. The average Bonchev–Trinajstić information content (AvgIpc) is 2.62. The zero-order chi connectivity index (χ0) is 17.8. The van der Waals surface area contributed by atoms with Crippen molar-refractivity contribution in [3.8, 4) is 5.75 Å². The van der Waals surface area contributed by atoms with Crippen LogP contribution in [0.3, 0.4) is 0 Å². The molecule has 0 aliphatic heterocycles. The molecule has 2 aromatic carbocycles. The molecule has 0 amide bonds. The van der Waals surface area contributed by atoms with Crippen molar-refractivity contribution in [2.75, 3.05) is 7.11 Å². The first-order valence-electron chi connectivity index (χ1n) is 8.05. The standard InChI is InChI=1S/C20H20N2O3/c1-15-4-3-5-17(12-15)14-22-11-10-21(19(23)20(22)24)13-16-6-8-18(25-2)9-7-16/h3-12H,13-14H2,1-2H3. The van der Waals surface area contributed by atoms with Gasteiger partial charge in [-0.2, -0.15) is 0 Å². The van der Waals surface area contributed by atoms with E-state index in [1.807, 2.05) is 55.5 Å². The highest BCUT2D eigenvalue weighted by atomic mass is 16.5. The number of hydrogen-bond acceptors (Lipinski definition) is 3. The van der Waals surface area contributed by atoms with Gasteiger partial charge in [-0.25, -0.2) is 0 Å². The van der Waals surface area contributed by atoms with Gasteiger partial charge in [0, 0.05) is 12.4 Å². The minimum Gasteiger partial charge on any atom is -0.497 e. The largest absolute Gasteiger partial charge is 0.497 e. The SMILES string of the molecule is COc1ccc(Cn2ccn(Cc3cccc(C)c3)c(=O)c2=O)cc1. The molecule has 0 radical (unpaired) electrons. The van der Waals surface area contributed by atoms with Crippen LogP contribution in [0.4, 0.5) is 0 Å². The van der Waals surface area contributed by atoms with Crippen LogP contribution in [0.25, 0.3) is 0 Å². The fraction of sp³-hybridized carbons (Fsp3) is 0.200. The molecule has 1 aromatic heterocycles. The van der Waals surface area contributed by atoms with Crippen molar-refractivity contribution < 1.29 is 4.74 Å². The first kappa shape index (κ1) is 16.8. The van der Waals surface area contributed by atoms with Gasteiger partial charge in [0.25, 0.3) is 0 Å². The number of methoxy groups -OCH3 is 1. The number of hydrogen-bond donors (Lipinski definition) is 0. The summed E-state index contributed by atoms with van der Waals surface area (Å²) in [6.45, 7) is 2.74. The van der Waals surface area contributed by atoms with Crippen LogP contribution >= 0.6 is 0 Å². The Hall–Kier alpha value is -3.08. The summed E-state index contributed by atoms with van der Waals surface area (Å²) in [5, 5.41) is 0. The summed E-state index contributed by atoms with van der Waals surface area (Å²) in [6, 6.07) is 15.3. The van der Waals surface area contributed by atoms with Crippen LogP contribution in [0, 0.1) is 6.92 Å². The molecule has 0 saturated carbocycles. The average molecular weight is 336 g/mol. The van der Waals surface area contributed by atoms with Gasteiger partial charge in [-0.05, 0) is 30.2 Å². The summed E-state index contributed by atoms with van der Waals surface area (Å²) in [5.41, 5.74) is 2.01. The van der Waals surface area contributed by atoms with Gasteiger partial charge in [0.05, 0.1) is 20.2 Å². The number of benzene rings is 2. The van der Waals surface area contributed by atoms with E-state index in [0.717, 1.165) is 22.4 Å². The van der Waals surface area contributed by atoms with E-state index < -0.39 is 11.1 Å². The first-order valence-corrected chi connectivity index (χ1v) is 8.05. The van der Waals surface area contributed by atoms with Crippen LogP contribution < -0.4 is 15.9 Å². The Balaban J connectivity index is 1.84. The van der Waals surface area contributed by atoms with E-state index in [4.69, 9.17) is 4.74 Å². The lowest BCUT2D eigenvalue weighted by Gasteiger charge is -2.10. The molecule has 0 unspecified atom stereocenters. The highest BCUT2D eigenvalue weighted by molar-refractivity contribution is 5.27. The summed E-state index contributed by atoms with van der Waals surface area (Å²) in [7, 11) is 1.60. The van der Waals surface area contributed by atoms with E-state index in [1.165, 1.54) is 9.13 Å². The molecular weight excluding hydrogens is 316 g/mol. The summed E-state index contributed by atoms with van der Waals surface area (Å²) in [5.74, 6) is 0.754. The van der Waals surface area contributed by atoms with Gasteiger partial charge in [0.15, 0.2) is 0 Å². The molecular formula is C20H20N2O3. The van der Waals surface area contributed by atoms with Crippen LogP contribution in [0.2, 0.25) is 0 Å². The van der Waals surface area contributed by atoms with Gasteiger partial charge in [-0.3, -0.25) is 9.59 Å². The second-order valence-corrected chi connectivity index (χ2v) is 6.00. The van der Waals surface area contributed by atoms with E-state index >= 15 is 0 Å². The van der Waals surface area contributed by atoms with Gasteiger partial charge in [-0.1, -0.05) is 42.0 Å². The third-order valence-electron chi connectivity index (χ3n) is 4.08. The molecule has 0 saturated heterocycles. The smallest absolute Gasteiger partial charge is 0.316 e. The number of aryl methyl sites for hydroxylation is 1. The highest BCUT2D eigenvalue weighted by Gasteiger charge is 2.06. The Morgan fingerprint density at radius 1 is 0.840 bits per heavy atom.